The predicted octanol–water partition coefficient (Wildman–Crippen LogP) is 2.94. The lowest BCUT2D eigenvalue weighted by atomic mass is 10.1. The van der Waals surface area contributed by atoms with E-state index in [0.717, 1.165) is 16.5 Å². The SMILES string of the molecule is CC(=O)OC(C)Cc1ccccc1Br. The van der Waals surface area contributed by atoms with E-state index in [1.807, 2.05) is 31.2 Å². The monoisotopic (exact) mass is 256 g/mol. The summed E-state index contributed by atoms with van der Waals surface area (Å²) >= 11 is 3.45. The van der Waals surface area contributed by atoms with Crippen molar-refractivity contribution >= 4 is 21.9 Å². The van der Waals surface area contributed by atoms with Crippen LogP contribution in [0, 0.1) is 0 Å². The minimum Gasteiger partial charge on any atom is -0.463 e. The first-order chi connectivity index (χ1) is 6.59. The largest absolute Gasteiger partial charge is 0.463 e. The lowest BCUT2D eigenvalue weighted by Crippen LogP contribution is -2.15. The molecule has 2 nitrogen and oxygen atoms in total. The summed E-state index contributed by atoms with van der Waals surface area (Å²) in [6.07, 6.45) is 0.660. The van der Waals surface area contributed by atoms with Gasteiger partial charge < -0.3 is 4.74 Å². The molecule has 1 aromatic rings. The number of halogens is 1. The van der Waals surface area contributed by atoms with Gasteiger partial charge in [-0.1, -0.05) is 34.1 Å². The highest BCUT2D eigenvalue weighted by Gasteiger charge is 2.08. The van der Waals surface area contributed by atoms with Gasteiger partial charge in [-0.3, -0.25) is 4.79 Å². The average Bonchev–Trinajstić information content (AvgIpc) is 2.07. The number of hydrogen-bond acceptors (Lipinski definition) is 2. The van der Waals surface area contributed by atoms with Gasteiger partial charge in [0.1, 0.15) is 6.10 Å². The van der Waals surface area contributed by atoms with Gasteiger partial charge in [-0.2, -0.15) is 0 Å². The van der Waals surface area contributed by atoms with E-state index < -0.39 is 0 Å². The third kappa shape index (κ3) is 3.50. The predicted molar refractivity (Wildman–Crippen MR) is 59.1 cm³/mol. The molecule has 1 aromatic carbocycles. The first-order valence-electron chi connectivity index (χ1n) is 4.50. The third-order valence-electron chi connectivity index (χ3n) is 1.83. The summed E-state index contributed by atoms with van der Waals surface area (Å²) in [5, 5.41) is 0. The summed E-state index contributed by atoms with van der Waals surface area (Å²) in [5.74, 6) is -0.232. The van der Waals surface area contributed by atoms with Crippen LogP contribution in [0.15, 0.2) is 28.7 Å². The number of carbonyl (C=O) groups is 1. The van der Waals surface area contributed by atoms with Crippen LogP contribution in [0.5, 0.6) is 0 Å². The Morgan fingerprint density at radius 3 is 2.71 bits per heavy atom. The van der Waals surface area contributed by atoms with Crippen molar-refractivity contribution in [3.63, 3.8) is 0 Å². The van der Waals surface area contributed by atoms with E-state index in [4.69, 9.17) is 4.74 Å². The number of carbonyl (C=O) groups excluding carboxylic acids is 1. The Morgan fingerprint density at radius 2 is 2.14 bits per heavy atom. The first kappa shape index (κ1) is 11.2. The van der Waals surface area contributed by atoms with Crippen LogP contribution in [0.25, 0.3) is 0 Å². The lowest BCUT2D eigenvalue weighted by Gasteiger charge is -2.12. The van der Waals surface area contributed by atoms with Gasteiger partial charge in [0.2, 0.25) is 0 Å². The fraction of sp³-hybridized carbons (Fsp3) is 0.364. The van der Waals surface area contributed by atoms with E-state index in [0.29, 0.717) is 0 Å². The topological polar surface area (TPSA) is 26.3 Å². The van der Waals surface area contributed by atoms with E-state index in [1.165, 1.54) is 6.92 Å². The second-order valence-electron chi connectivity index (χ2n) is 3.22. The quantitative estimate of drug-likeness (QED) is 0.778. The van der Waals surface area contributed by atoms with Crippen LogP contribution >= 0.6 is 15.9 Å². The summed E-state index contributed by atoms with van der Waals surface area (Å²) in [6, 6.07) is 7.94. The highest BCUT2D eigenvalue weighted by Crippen LogP contribution is 2.18. The standard InChI is InChI=1S/C11H13BrO2/c1-8(14-9(2)13)7-10-5-3-4-6-11(10)12/h3-6,8H,7H2,1-2H3. The zero-order valence-electron chi connectivity index (χ0n) is 8.29. The molecule has 1 rings (SSSR count). The highest BCUT2D eigenvalue weighted by molar-refractivity contribution is 9.10. The van der Waals surface area contributed by atoms with Gasteiger partial charge in [0.05, 0.1) is 0 Å². The van der Waals surface area contributed by atoms with Crippen molar-refractivity contribution in [2.45, 2.75) is 26.4 Å². The molecule has 0 amide bonds. The van der Waals surface area contributed by atoms with Crippen LogP contribution in [-0.4, -0.2) is 12.1 Å². The van der Waals surface area contributed by atoms with Gasteiger partial charge in [0.25, 0.3) is 0 Å². The number of benzene rings is 1. The van der Waals surface area contributed by atoms with E-state index in [-0.39, 0.29) is 12.1 Å². The molecule has 76 valence electrons. The van der Waals surface area contributed by atoms with Gasteiger partial charge in [0.15, 0.2) is 0 Å². The average molecular weight is 257 g/mol. The lowest BCUT2D eigenvalue weighted by molar-refractivity contribution is -0.145. The molecular weight excluding hydrogens is 244 g/mol. The van der Waals surface area contributed by atoms with Crippen molar-refractivity contribution < 1.29 is 9.53 Å². The van der Waals surface area contributed by atoms with Crippen molar-refractivity contribution in [2.75, 3.05) is 0 Å². The van der Waals surface area contributed by atoms with Crippen molar-refractivity contribution in [1.29, 1.82) is 0 Å². The summed E-state index contributed by atoms with van der Waals surface area (Å²) in [6.45, 7) is 3.32. The molecule has 0 radical (unpaired) electrons. The Hall–Kier alpha value is -0.830. The Labute approximate surface area is 92.4 Å². The Morgan fingerprint density at radius 1 is 1.50 bits per heavy atom. The molecule has 0 saturated heterocycles. The number of ether oxygens (including phenoxy) is 1. The number of hydrogen-bond donors (Lipinski definition) is 0. The molecule has 0 fully saturated rings. The molecule has 0 aliphatic heterocycles. The van der Waals surface area contributed by atoms with Gasteiger partial charge in [0, 0.05) is 17.8 Å². The molecule has 1 unspecified atom stereocenters. The molecule has 14 heavy (non-hydrogen) atoms. The molecule has 0 heterocycles. The van der Waals surface area contributed by atoms with Gasteiger partial charge in [-0.15, -0.1) is 0 Å². The van der Waals surface area contributed by atoms with Crippen LogP contribution in [0.4, 0.5) is 0 Å². The molecule has 0 bridgehead atoms. The van der Waals surface area contributed by atoms with Gasteiger partial charge in [-0.05, 0) is 18.6 Å². The number of esters is 1. The summed E-state index contributed by atoms with van der Waals surface area (Å²) in [4.78, 5) is 10.7. The molecule has 0 aliphatic rings. The first-order valence-corrected chi connectivity index (χ1v) is 5.29. The minimum absolute atomic E-state index is 0.0776. The Bertz CT molecular complexity index is 323. The molecule has 0 aromatic heterocycles. The van der Waals surface area contributed by atoms with Crippen molar-refractivity contribution in [1.82, 2.24) is 0 Å². The normalized spacial score (nSPS) is 12.2. The molecule has 0 N–H and O–H groups in total. The van der Waals surface area contributed by atoms with E-state index in [9.17, 15) is 4.79 Å². The van der Waals surface area contributed by atoms with Crippen molar-refractivity contribution in [3.8, 4) is 0 Å². The molecule has 0 saturated carbocycles. The van der Waals surface area contributed by atoms with Crippen LogP contribution in [0.1, 0.15) is 19.4 Å². The smallest absolute Gasteiger partial charge is 0.302 e. The van der Waals surface area contributed by atoms with Crippen LogP contribution in [0.2, 0.25) is 0 Å². The maximum atomic E-state index is 10.7. The fourth-order valence-corrected chi connectivity index (χ4v) is 1.75. The Balaban J connectivity index is 2.60. The zero-order valence-corrected chi connectivity index (χ0v) is 9.87. The van der Waals surface area contributed by atoms with Crippen LogP contribution in [-0.2, 0) is 16.0 Å². The fourth-order valence-electron chi connectivity index (χ4n) is 1.30. The minimum atomic E-state index is -0.232. The highest BCUT2D eigenvalue weighted by atomic mass is 79.9. The maximum absolute atomic E-state index is 10.7. The number of rotatable bonds is 3. The van der Waals surface area contributed by atoms with E-state index in [2.05, 4.69) is 15.9 Å². The van der Waals surface area contributed by atoms with E-state index in [1.54, 1.807) is 0 Å². The third-order valence-corrected chi connectivity index (χ3v) is 2.61. The summed E-state index contributed by atoms with van der Waals surface area (Å²) in [7, 11) is 0. The Kier molecular flexibility index (Phi) is 4.14. The summed E-state index contributed by atoms with van der Waals surface area (Å²) < 4.78 is 6.10. The van der Waals surface area contributed by atoms with E-state index >= 15 is 0 Å². The molecule has 0 aliphatic carbocycles. The van der Waals surface area contributed by atoms with Gasteiger partial charge >= 0.3 is 5.97 Å². The van der Waals surface area contributed by atoms with Crippen LogP contribution in [0.3, 0.4) is 0 Å². The maximum Gasteiger partial charge on any atom is 0.302 e. The molecule has 3 heteroatoms. The summed E-state index contributed by atoms with van der Waals surface area (Å²) in [5.41, 5.74) is 1.15. The van der Waals surface area contributed by atoms with Crippen LogP contribution < -0.4 is 0 Å². The second kappa shape index (κ2) is 5.15. The van der Waals surface area contributed by atoms with Gasteiger partial charge in [-0.25, -0.2) is 0 Å². The zero-order chi connectivity index (χ0) is 10.6. The second-order valence-corrected chi connectivity index (χ2v) is 4.07. The molecular formula is C11H13BrO2. The van der Waals surface area contributed by atoms with Crippen molar-refractivity contribution in [2.24, 2.45) is 0 Å². The molecule has 1 atom stereocenters. The van der Waals surface area contributed by atoms with Crippen molar-refractivity contribution in [3.05, 3.63) is 34.3 Å². The molecule has 0 spiro atoms.